The van der Waals surface area contributed by atoms with Gasteiger partial charge in [0.05, 0.1) is 6.61 Å². The molecule has 0 aromatic heterocycles. The number of rotatable bonds is 10. The van der Waals surface area contributed by atoms with E-state index in [4.69, 9.17) is 9.57 Å². The molecule has 0 radical (unpaired) electrons. The Labute approximate surface area is 133 Å². The van der Waals surface area contributed by atoms with Crippen molar-refractivity contribution in [3.05, 3.63) is 35.9 Å². The van der Waals surface area contributed by atoms with Crippen LogP contribution in [0.1, 0.15) is 25.3 Å². The van der Waals surface area contributed by atoms with Crippen molar-refractivity contribution in [1.82, 2.24) is 9.79 Å². The molecule has 8 heteroatoms. The summed E-state index contributed by atoms with van der Waals surface area (Å²) in [6.45, 7) is 2.89. The summed E-state index contributed by atoms with van der Waals surface area (Å²) in [5, 5.41) is 2.56. The molecule has 1 N–H and O–H groups in total. The molecule has 0 fully saturated rings. The number of hydrogen-bond acceptors (Lipinski definition) is 5. The number of benzene rings is 1. The van der Waals surface area contributed by atoms with Gasteiger partial charge in [0, 0.05) is 24.4 Å². The summed E-state index contributed by atoms with van der Waals surface area (Å²) in [5.41, 5.74) is 0.901. The number of hydroxylamine groups is 1. The van der Waals surface area contributed by atoms with Crippen molar-refractivity contribution in [2.75, 3.05) is 19.7 Å². The largest absolute Gasteiger partial charge is 0.758 e. The van der Waals surface area contributed by atoms with Crippen molar-refractivity contribution in [3.8, 4) is 0 Å². The highest BCUT2D eigenvalue weighted by molar-refractivity contribution is 7.76. The number of amides is 1. The summed E-state index contributed by atoms with van der Waals surface area (Å²) in [4.78, 5) is 16.5. The summed E-state index contributed by atoms with van der Waals surface area (Å²) >= 11 is -2.43. The molecule has 0 saturated carbocycles. The van der Waals surface area contributed by atoms with Crippen molar-refractivity contribution in [2.45, 2.75) is 26.4 Å². The van der Waals surface area contributed by atoms with Gasteiger partial charge in [-0.2, -0.15) is 0 Å². The number of alkyl carbamates (subject to hydrolysis) is 1. The second-order valence-corrected chi connectivity index (χ2v) is 5.29. The molecule has 1 aromatic carbocycles. The molecule has 0 spiro atoms. The molecule has 124 valence electrons. The van der Waals surface area contributed by atoms with Gasteiger partial charge in [0.1, 0.15) is 6.61 Å². The summed E-state index contributed by atoms with van der Waals surface area (Å²) in [6.07, 6.45) is 0.615. The van der Waals surface area contributed by atoms with E-state index in [9.17, 15) is 13.6 Å². The molecule has 1 unspecified atom stereocenters. The Balaban J connectivity index is 2.14. The molecular formula is C14H21N2O5S-. The van der Waals surface area contributed by atoms with Gasteiger partial charge in [-0.05, 0) is 18.4 Å². The second-order valence-electron chi connectivity index (χ2n) is 4.45. The van der Waals surface area contributed by atoms with Crippen LogP contribution >= 0.6 is 0 Å². The van der Waals surface area contributed by atoms with Gasteiger partial charge in [-0.15, -0.1) is 4.47 Å². The van der Waals surface area contributed by atoms with Crippen molar-refractivity contribution >= 4 is 17.4 Å². The van der Waals surface area contributed by atoms with Crippen molar-refractivity contribution in [2.24, 2.45) is 0 Å². The summed E-state index contributed by atoms with van der Waals surface area (Å²) in [6, 6.07) is 9.34. The van der Waals surface area contributed by atoms with Gasteiger partial charge in [0.2, 0.25) is 0 Å². The lowest BCUT2D eigenvalue weighted by Crippen LogP contribution is -2.31. The minimum atomic E-state index is -2.43. The number of ether oxygens (including phenoxy) is 1. The first-order chi connectivity index (χ1) is 10.6. The molecule has 0 heterocycles. The van der Waals surface area contributed by atoms with Gasteiger partial charge in [-0.25, -0.2) is 4.79 Å². The van der Waals surface area contributed by atoms with E-state index in [1.54, 1.807) is 0 Å². The quantitative estimate of drug-likeness (QED) is 0.401. The van der Waals surface area contributed by atoms with Crippen LogP contribution in [-0.4, -0.2) is 39.0 Å². The Kier molecular flexibility index (Phi) is 9.40. The SMILES string of the molecule is CCCON(CCCNC(=O)OCc1ccccc1)S(=O)[O-]. The van der Waals surface area contributed by atoms with E-state index in [1.165, 1.54) is 0 Å². The average molecular weight is 329 g/mol. The summed E-state index contributed by atoms with van der Waals surface area (Å²) < 4.78 is 27.7. The van der Waals surface area contributed by atoms with E-state index in [1.807, 2.05) is 37.3 Å². The van der Waals surface area contributed by atoms with E-state index in [-0.39, 0.29) is 13.2 Å². The zero-order valence-corrected chi connectivity index (χ0v) is 13.3. The van der Waals surface area contributed by atoms with Gasteiger partial charge >= 0.3 is 6.09 Å². The third kappa shape index (κ3) is 8.08. The smallest absolute Gasteiger partial charge is 0.407 e. The van der Waals surface area contributed by atoms with Crippen molar-refractivity contribution in [1.29, 1.82) is 0 Å². The molecule has 22 heavy (non-hydrogen) atoms. The Bertz CT molecular complexity index is 458. The van der Waals surface area contributed by atoms with E-state index in [2.05, 4.69) is 5.32 Å². The molecule has 0 aliphatic carbocycles. The molecule has 0 saturated heterocycles. The molecule has 1 rings (SSSR count). The third-order valence-corrected chi connectivity index (χ3v) is 3.23. The zero-order chi connectivity index (χ0) is 16.2. The average Bonchev–Trinajstić information content (AvgIpc) is 2.53. The molecule has 1 aromatic rings. The Morgan fingerprint density at radius 3 is 2.73 bits per heavy atom. The number of nitrogens with one attached hydrogen (secondary N) is 1. The van der Waals surface area contributed by atoms with Crippen LogP contribution in [0.3, 0.4) is 0 Å². The zero-order valence-electron chi connectivity index (χ0n) is 12.5. The molecule has 7 nitrogen and oxygen atoms in total. The number of nitrogens with zero attached hydrogens (tertiary/aromatic N) is 1. The third-order valence-electron chi connectivity index (χ3n) is 2.61. The summed E-state index contributed by atoms with van der Waals surface area (Å²) in [5.74, 6) is 0. The lowest BCUT2D eigenvalue weighted by molar-refractivity contribution is -0.0857. The van der Waals surface area contributed by atoms with Gasteiger partial charge in [0.25, 0.3) is 0 Å². The Morgan fingerprint density at radius 2 is 2.09 bits per heavy atom. The molecule has 1 atom stereocenters. The Hall–Kier alpha value is -1.48. The molecule has 0 aliphatic heterocycles. The van der Waals surface area contributed by atoms with Gasteiger partial charge in [0.15, 0.2) is 0 Å². The van der Waals surface area contributed by atoms with E-state index >= 15 is 0 Å². The fourth-order valence-electron chi connectivity index (χ4n) is 1.55. The van der Waals surface area contributed by atoms with Crippen LogP contribution in [0.5, 0.6) is 0 Å². The monoisotopic (exact) mass is 329 g/mol. The van der Waals surface area contributed by atoms with E-state index in [0.717, 1.165) is 16.5 Å². The maximum Gasteiger partial charge on any atom is 0.407 e. The second kappa shape index (κ2) is 11.1. The van der Waals surface area contributed by atoms with Crippen LogP contribution in [0.2, 0.25) is 0 Å². The highest BCUT2D eigenvalue weighted by Crippen LogP contribution is 2.01. The van der Waals surface area contributed by atoms with Crippen LogP contribution in [0, 0.1) is 0 Å². The van der Waals surface area contributed by atoms with E-state index in [0.29, 0.717) is 19.6 Å². The molecular weight excluding hydrogens is 308 g/mol. The van der Waals surface area contributed by atoms with Crippen LogP contribution < -0.4 is 5.32 Å². The van der Waals surface area contributed by atoms with Crippen LogP contribution in [-0.2, 0) is 27.4 Å². The minimum absolute atomic E-state index is 0.176. The summed E-state index contributed by atoms with van der Waals surface area (Å²) in [7, 11) is 0. The van der Waals surface area contributed by atoms with Crippen LogP contribution in [0.25, 0.3) is 0 Å². The molecule has 1 amide bonds. The highest BCUT2D eigenvalue weighted by atomic mass is 32.2. The topological polar surface area (TPSA) is 90.9 Å². The lowest BCUT2D eigenvalue weighted by Gasteiger charge is -2.22. The van der Waals surface area contributed by atoms with Gasteiger partial charge < -0.3 is 14.6 Å². The van der Waals surface area contributed by atoms with Crippen LogP contribution in [0.4, 0.5) is 4.79 Å². The number of carbonyl (C=O) groups is 1. The van der Waals surface area contributed by atoms with Crippen molar-refractivity contribution < 1.29 is 23.1 Å². The fourth-order valence-corrected chi connectivity index (χ4v) is 1.99. The van der Waals surface area contributed by atoms with E-state index < -0.39 is 17.4 Å². The molecule has 0 aliphatic rings. The first-order valence-corrected chi connectivity index (χ1v) is 8.11. The number of hydrogen-bond donors (Lipinski definition) is 1. The predicted octanol–water partition coefficient (Wildman–Crippen LogP) is 1.74. The fraction of sp³-hybridized carbons (Fsp3) is 0.500. The van der Waals surface area contributed by atoms with Crippen molar-refractivity contribution in [3.63, 3.8) is 0 Å². The standard InChI is InChI=1S/C14H22N2O5S/c1-2-11-21-16(22(18)19)10-6-9-15-14(17)20-12-13-7-4-3-5-8-13/h3-5,7-8H,2,6,9-12H2,1H3,(H,15,17)(H,18,19)/p-1. The first-order valence-electron chi connectivity index (χ1n) is 7.08. The minimum Gasteiger partial charge on any atom is -0.758 e. The molecule has 0 bridgehead atoms. The van der Waals surface area contributed by atoms with Gasteiger partial charge in [-0.3, -0.25) is 9.05 Å². The lowest BCUT2D eigenvalue weighted by atomic mass is 10.2. The maximum atomic E-state index is 11.5. The number of carbonyl (C=O) groups excluding carboxylic acids is 1. The van der Waals surface area contributed by atoms with Crippen LogP contribution in [0.15, 0.2) is 30.3 Å². The maximum absolute atomic E-state index is 11.5. The first kappa shape index (κ1) is 18.6. The Morgan fingerprint density at radius 1 is 1.36 bits per heavy atom. The predicted molar refractivity (Wildman–Crippen MR) is 81.1 cm³/mol. The highest BCUT2D eigenvalue weighted by Gasteiger charge is 2.06. The van der Waals surface area contributed by atoms with Gasteiger partial charge in [-0.1, -0.05) is 37.3 Å². The normalized spacial score (nSPS) is 12.1.